The van der Waals surface area contributed by atoms with Gasteiger partial charge in [0.2, 0.25) is 0 Å². The number of ether oxygens (including phenoxy) is 2. The number of anilines is 1. The van der Waals surface area contributed by atoms with Gasteiger partial charge in [0.1, 0.15) is 43.0 Å². The summed E-state index contributed by atoms with van der Waals surface area (Å²) in [5.41, 5.74) is 7.68. The molecule has 0 aliphatic carbocycles. The zero-order chi connectivity index (χ0) is 27.4. The lowest BCUT2D eigenvalue weighted by Crippen LogP contribution is -2.51. The first-order chi connectivity index (χ1) is 18.1. The van der Waals surface area contributed by atoms with Crippen LogP contribution in [0.5, 0.6) is 0 Å². The number of aromatic nitrogens is 4. The van der Waals surface area contributed by atoms with E-state index in [1.165, 1.54) is 34.5 Å². The van der Waals surface area contributed by atoms with Gasteiger partial charge in [-0.25, -0.2) is 9.59 Å². The first-order valence-electron chi connectivity index (χ1n) is 11.5. The molecule has 0 spiro atoms. The topological polar surface area (TPSA) is 255 Å². The zero-order valence-electron chi connectivity index (χ0n) is 20.2. The summed E-state index contributed by atoms with van der Waals surface area (Å²) in [4.78, 5) is 54.8. The lowest BCUT2D eigenvalue weighted by atomic mass is 10.1. The molecule has 6 atom stereocenters. The smallest absolute Gasteiger partial charge is 0.449 e. The summed E-state index contributed by atoms with van der Waals surface area (Å²) in [6.45, 7) is 0.945. The number of aromatic amines is 1. The predicted molar refractivity (Wildman–Crippen MR) is 124 cm³/mol. The molecule has 0 saturated carbocycles. The van der Waals surface area contributed by atoms with Crippen LogP contribution in [0.2, 0.25) is 0 Å². The van der Waals surface area contributed by atoms with Crippen LogP contribution in [0.1, 0.15) is 37.3 Å². The summed E-state index contributed by atoms with van der Waals surface area (Å²) in [5, 5.41) is 11.7. The van der Waals surface area contributed by atoms with Crippen molar-refractivity contribution in [2.45, 2.75) is 56.9 Å². The Morgan fingerprint density at radius 1 is 1.29 bits per heavy atom. The van der Waals surface area contributed by atoms with Crippen molar-refractivity contribution in [1.29, 1.82) is 5.39 Å². The average molecular weight is 556 g/mol. The van der Waals surface area contributed by atoms with E-state index in [1.54, 1.807) is 0 Å². The molecule has 1 unspecified atom stereocenters. The Labute approximate surface area is 214 Å². The van der Waals surface area contributed by atoms with E-state index in [1.807, 2.05) is 0 Å². The number of diazo groups is 1. The van der Waals surface area contributed by atoms with Crippen molar-refractivity contribution in [3.63, 3.8) is 0 Å². The fourth-order valence-corrected chi connectivity index (χ4v) is 5.04. The van der Waals surface area contributed by atoms with E-state index in [2.05, 4.69) is 26.4 Å². The Morgan fingerprint density at radius 3 is 2.76 bits per heavy atom. The molecule has 4 heterocycles. The molecule has 2 aromatic heterocycles. The molecule has 19 heteroatoms. The second-order valence-corrected chi connectivity index (χ2v) is 10.3. The molecular formula is C19H27N9O9P+2. The van der Waals surface area contributed by atoms with Gasteiger partial charge in [0.15, 0.2) is 6.04 Å². The summed E-state index contributed by atoms with van der Waals surface area (Å²) < 4.78 is 29.5. The highest BCUT2D eigenvalue weighted by Crippen LogP contribution is 2.52. The largest absolute Gasteiger partial charge is 0.601 e. The summed E-state index contributed by atoms with van der Waals surface area (Å²) in [7, 11) is -4.19. The minimum atomic E-state index is -4.19. The average Bonchev–Trinajstić information content (AvgIpc) is 3.51. The number of quaternary nitrogens is 1. The molecule has 205 valence electrons. The Bertz CT molecular complexity index is 1360. The van der Waals surface area contributed by atoms with Crippen LogP contribution in [0.25, 0.3) is 5.08 Å². The molecule has 38 heavy (non-hydrogen) atoms. The molecule has 0 amide bonds. The van der Waals surface area contributed by atoms with Gasteiger partial charge in [-0.3, -0.25) is 18.9 Å². The number of H-pyrrole nitrogens is 1. The predicted octanol–water partition coefficient (Wildman–Crippen LogP) is -2.37. The number of phosphoric ester groups is 1. The van der Waals surface area contributed by atoms with Gasteiger partial charge >= 0.3 is 24.6 Å². The maximum atomic E-state index is 13.0. The Morgan fingerprint density at radius 2 is 2.05 bits per heavy atom. The van der Waals surface area contributed by atoms with E-state index in [0.717, 1.165) is 0 Å². The maximum absolute atomic E-state index is 13.0. The van der Waals surface area contributed by atoms with Crippen molar-refractivity contribution >= 4 is 14.0 Å². The number of nitrogen functional groups attached to an aromatic ring is 1. The summed E-state index contributed by atoms with van der Waals surface area (Å²) >= 11 is 0. The fraction of sp³-hybridized carbons (Fsp3) is 0.579. The number of aryl methyl sites for hydroxylation is 1. The second-order valence-electron chi connectivity index (χ2n) is 8.62. The van der Waals surface area contributed by atoms with Gasteiger partial charge in [-0.2, -0.15) is 19.9 Å². The SMILES string of the molecule is Cc1cn([C@H]2C[C@H]([N][N+]#N)[C@@H](CO[P+]([O-])(O[NH3+])OC[C@@H]3CC[C@H](n4ccc(N)nc4=O)O3)O2)c(=O)[nH]c1=O. The zero-order valence-corrected chi connectivity index (χ0v) is 21.1. The molecule has 2 aliphatic rings. The molecule has 4 rings (SSSR count). The van der Waals surface area contributed by atoms with Gasteiger partial charge in [-0.05, 0) is 30.5 Å². The maximum Gasteiger partial charge on any atom is 0.449 e. The van der Waals surface area contributed by atoms with E-state index in [0.29, 0.717) is 12.8 Å². The van der Waals surface area contributed by atoms with Gasteiger partial charge in [0, 0.05) is 24.4 Å². The van der Waals surface area contributed by atoms with Crippen molar-refractivity contribution in [3.05, 3.63) is 60.4 Å². The van der Waals surface area contributed by atoms with E-state index < -0.39 is 55.8 Å². The van der Waals surface area contributed by atoms with Crippen LogP contribution in [0, 0.1) is 12.3 Å². The molecule has 2 aromatic rings. The molecule has 1 radical (unpaired) electrons. The van der Waals surface area contributed by atoms with Crippen molar-refractivity contribution < 1.29 is 33.9 Å². The number of nitrogens with one attached hydrogen (secondary N) is 1. The molecule has 18 nitrogen and oxygen atoms in total. The number of hydrogen-bond acceptors (Lipinski definition) is 12. The molecule has 2 saturated heterocycles. The molecule has 2 fully saturated rings. The number of nitrogens with two attached hydrogens (primary N) is 1. The van der Waals surface area contributed by atoms with E-state index >= 15 is 0 Å². The number of rotatable bonds is 10. The third-order valence-corrected chi connectivity index (χ3v) is 7.33. The van der Waals surface area contributed by atoms with Crippen LogP contribution in [0.4, 0.5) is 5.82 Å². The van der Waals surface area contributed by atoms with Gasteiger partial charge in [0.05, 0.1) is 6.10 Å². The number of phosphoric acid groups is 1. The summed E-state index contributed by atoms with van der Waals surface area (Å²) in [6.07, 6.45) is 0.937. The van der Waals surface area contributed by atoms with Crippen LogP contribution in [0.15, 0.2) is 32.8 Å². The second kappa shape index (κ2) is 11.6. The van der Waals surface area contributed by atoms with Gasteiger partial charge in [-0.15, -0.1) is 0 Å². The van der Waals surface area contributed by atoms with E-state index in [9.17, 15) is 19.3 Å². The monoisotopic (exact) mass is 556 g/mol. The normalized spacial score (nSPS) is 26.6. The minimum absolute atomic E-state index is 0.0935. The van der Waals surface area contributed by atoms with Crippen LogP contribution in [-0.2, 0) is 23.1 Å². The van der Waals surface area contributed by atoms with E-state index in [4.69, 9.17) is 34.3 Å². The Kier molecular flexibility index (Phi) is 8.50. The Hall–Kier alpha value is -3.27. The van der Waals surface area contributed by atoms with Crippen LogP contribution >= 0.6 is 8.17 Å². The summed E-state index contributed by atoms with van der Waals surface area (Å²) in [6, 6.07) is 0.689. The molecular weight excluding hydrogens is 529 g/mol. The molecule has 0 bridgehead atoms. The highest BCUT2D eigenvalue weighted by Gasteiger charge is 2.46. The van der Waals surface area contributed by atoms with Crippen molar-refractivity contribution in [3.8, 4) is 0 Å². The number of nitrogens with zero attached hydrogens (tertiary/aromatic N) is 6. The van der Waals surface area contributed by atoms with Crippen LogP contribution in [-0.4, -0.2) is 50.6 Å². The molecule has 2 aliphatic heterocycles. The van der Waals surface area contributed by atoms with Crippen LogP contribution < -0.4 is 38.9 Å². The first kappa shape index (κ1) is 27.8. The third kappa shape index (κ3) is 6.23. The lowest BCUT2D eigenvalue weighted by molar-refractivity contribution is -0.656. The van der Waals surface area contributed by atoms with Crippen molar-refractivity contribution in [2.75, 3.05) is 18.9 Å². The number of hydrogen-bond donors (Lipinski definition) is 3. The van der Waals surface area contributed by atoms with Gasteiger partial charge < -0.3 is 20.1 Å². The lowest BCUT2D eigenvalue weighted by Gasteiger charge is -2.23. The fourth-order valence-electron chi connectivity index (χ4n) is 4.13. The summed E-state index contributed by atoms with van der Waals surface area (Å²) in [5.74, 6) is 3.25. The molecule has 0 aromatic carbocycles. The molecule has 6 N–H and O–H groups in total. The first-order valence-corrected chi connectivity index (χ1v) is 12.9. The van der Waals surface area contributed by atoms with E-state index in [-0.39, 0.29) is 31.0 Å². The van der Waals surface area contributed by atoms with Gasteiger partial charge in [-0.1, -0.05) is 0 Å². The van der Waals surface area contributed by atoms with Crippen molar-refractivity contribution in [2.24, 2.45) is 0 Å². The van der Waals surface area contributed by atoms with Crippen LogP contribution in [0.3, 0.4) is 0 Å². The highest BCUT2D eigenvalue weighted by atomic mass is 31.2. The Balaban J connectivity index is 1.34. The van der Waals surface area contributed by atoms with Crippen molar-refractivity contribution in [1.82, 2.24) is 24.5 Å². The standard InChI is InChI=1S/C19H26N9O9P/c1-10-7-28(19(31)24-17(10)29)16-6-12(25-26-21)13(36-16)9-34-38(32,37-22)33-8-11-2-3-15(35-11)27-5-4-14(20)23-18(27)30/h4-5,7,11-13,15-16H,2-3,6,8-9H2,1,22H3,(H2-,20,23,24,29,30,31)/q+1/p+1/t11-,12-,13+,15+,16+,38?/m0/s1. The third-order valence-electron chi connectivity index (χ3n) is 6.08. The van der Waals surface area contributed by atoms with Gasteiger partial charge in [0.25, 0.3) is 11.0 Å². The minimum Gasteiger partial charge on any atom is -0.601 e. The highest BCUT2D eigenvalue weighted by molar-refractivity contribution is 7.53. The quantitative estimate of drug-likeness (QED) is 0.158.